The van der Waals surface area contributed by atoms with Gasteiger partial charge in [-0.15, -0.1) is 0 Å². The second-order valence-electron chi connectivity index (χ2n) is 4.16. The van der Waals surface area contributed by atoms with Crippen molar-refractivity contribution in [1.29, 1.82) is 0 Å². The largest absolute Gasteiger partial charge is 0.435 e. The molecule has 6 heteroatoms. The number of nitrogens with zero attached hydrogens (tertiary/aromatic N) is 1. The molecule has 20 heavy (non-hydrogen) atoms. The van der Waals surface area contributed by atoms with Crippen LogP contribution in [0.4, 0.5) is 14.5 Å². The number of ether oxygens (including phenoxy) is 1. The van der Waals surface area contributed by atoms with Crippen LogP contribution >= 0.6 is 11.6 Å². The van der Waals surface area contributed by atoms with Crippen LogP contribution < -0.4 is 10.1 Å². The van der Waals surface area contributed by atoms with Crippen LogP contribution in [-0.4, -0.2) is 11.6 Å². The number of hydrogen-bond acceptors (Lipinski definition) is 3. The molecular formula is C14H13ClF2N2O. The normalized spacial score (nSPS) is 12.2. The van der Waals surface area contributed by atoms with Gasteiger partial charge in [0.2, 0.25) is 0 Å². The lowest BCUT2D eigenvalue weighted by Crippen LogP contribution is -2.08. The van der Waals surface area contributed by atoms with Gasteiger partial charge in [0, 0.05) is 12.2 Å². The number of benzene rings is 1. The fourth-order valence-corrected chi connectivity index (χ4v) is 1.94. The lowest BCUT2D eigenvalue weighted by atomic mass is 10.1. The van der Waals surface area contributed by atoms with Gasteiger partial charge in [-0.25, -0.2) is 4.98 Å². The summed E-state index contributed by atoms with van der Waals surface area (Å²) in [6, 6.07) is 9.96. The molecule has 1 aromatic heterocycles. The van der Waals surface area contributed by atoms with Crippen LogP contribution in [0.1, 0.15) is 18.5 Å². The van der Waals surface area contributed by atoms with Crippen molar-refractivity contribution in [1.82, 2.24) is 4.98 Å². The van der Waals surface area contributed by atoms with Crippen LogP contribution in [0, 0.1) is 0 Å². The van der Waals surface area contributed by atoms with Gasteiger partial charge >= 0.3 is 6.61 Å². The summed E-state index contributed by atoms with van der Waals surface area (Å²) in [6.07, 6.45) is 1.59. The molecule has 0 amide bonds. The fourth-order valence-electron chi connectivity index (χ4n) is 1.77. The van der Waals surface area contributed by atoms with E-state index in [9.17, 15) is 8.78 Å². The number of hydrogen-bond donors (Lipinski definition) is 1. The Morgan fingerprint density at radius 2 is 2.05 bits per heavy atom. The van der Waals surface area contributed by atoms with Crippen molar-refractivity contribution >= 4 is 17.3 Å². The number of nitrogens with one attached hydrogen (secondary N) is 1. The third kappa shape index (κ3) is 3.81. The van der Waals surface area contributed by atoms with Crippen molar-refractivity contribution in [2.75, 3.05) is 5.32 Å². The predicted molar refractivity (Wildman–Crippen MR) is 74.4 cm³/mol. The SMILES string of the molecule is CC(Nc1cccnc1Cl)c1cccc(OC(F)F)c1. The summed E-state index contributed by atoms with van der Waals surface area (Å²) in [5.41, 5.74) is 1.49. The van der Waals surface area contributed by atoms with Gasteiger partial charge in [-0.05, 0) is 36.8 Å². The Morgan fingerprint density at radius 1 is 1.25 bits per heavy atom. The van der Waals surface area contributed by atoms with Gasteiger partial charge < -0.3 is 10.1 Å². The van der Waals surface area contributed by atoms with E-state index in [1.165, 1.54) is 6.07 Å². The first-order chi connectivity index (χ1) is 9.56. The molecule has 0 saturated carbocycles. The van der Waals surface area contributed by atoms with Gasteiger partial charge in [0.05, 0.1) is 5.69 Å². The molecule has 1 unspecified atom stereocenters. The van der Waals surface area contributed by atoms with Crippen molar-refractivity contribution < 1.29 is 13.5 Å². The number of halogens is 3. The van der Waals surface area contributed by atoms with Gasteiger partial charge in [0.15, 0.2) is 5.15 Å². The van der Waals surface area contributed by atoms with Crippen molar-refractivity contribution in [2.45, 2.75) is 19.6 Å². The zero-order chi connectivity index (χ0) is 14.5. The van der Waals surface area contributed by atoms with E-state index in [0.717, 1.165) is 5.56 Å². The number of pyridine rings is 1. The van der Waals surface area contributed by atoms with Crippen molar-refractivity contribution in [3.8, 4) is 5.75 Å². The van der Waals surface area contributed by atoms with Gasteiger partial charge in [-0.3, -0.25) is 0 Å². The summed E-state index contributed by atoms with van der Waals surface area (Å²) < 4.78 is 28.8. The van der Waals surface area contributed by atoms with E-state index >= 15 is 0 Å². The van der Waals surface area contributed by atoms with E-state index in [2.05, 4.69) is 15.0 Å². The highest BCUT2D eigenvalue weighted by molar-refractivity contribution is 6.31. The minimum absolute atomic E-state index is 0.127. The first kappa shape index (κ1) is 14.5. The summed E-state index contributed by atoms with van der Waals surface area (Å²) in [4.78, 5) is 3.96. The van der Waals surface area contributed by atoms with Gasteiger partial charge in [0.25, 0.3) is 0 Å². The number of anilines is 1. The molecule has 0 bridgehead atoms. The number of aromatic nitrogens is 1. The molecule has 0 aliphatic carbocycles. The zero-order valence-electron chi connectivity index (χ0n) is 10.7. The van der Waals surface area contributed by atoms with Crippen LogP contribution in [0.5, 0.6) is 5.75 Å². The summed E-state index contributed by atoms with van der Waals surface area (Å²) >= 11 is 5.96. The van der Waals surface area contributed by atoms with Gasteiger partial charge in [-0.2, -0.15) is 8.78 Å². The summed E-state index contributed by atoms with van der Waals surface area (Å²) in [5.74, 6) is 0.128. The van der Waals surface area contributed by atoms with Crippen LogP contribution in [0.3, 0.4) is 0 Å². The van der Waals surface area contributed by atoms with Crippen LogP contribution in [-0.2, 0) is 0 Å². The summed E-state index contributed by atoms with van der Waals surface area (Å²) in [5, 5.41) is 3.53. The molecule has 0 fully saturated rings. The highest BCUT2D eigenvalue weighted by atomic mass is 35.5. The molecule has 1 heterocycles. The lowest BCUT2D eigenvalue weighted by Gasteiger charge is -2.17. The summed E-state index contributed by atoms with van der Waals surface area (Å²) in [6.45, 7) is -0.938. The average molecular weight is 299 g/mol. The molecule has 3 nitrogen and oxygen atoms in total. The minimum atomic E-state index is -2.83. The molecule has 2 rings (SSSR count). The quantitative estimate of drug-likeness (QED) is 0.825. The topological polar surface area (TPSA) is 34.2 Å². The van der Waals surface area contributed by atoms with Crippen molar-refractivity contribution in [3.63, 3.8) is 0 Å². The molecule has 0 radical (unpaired) electrons. The Kier molecular flexibility index (Phi) is 4.74. The molecule has 1 atom stereocenters. The second kappa shape index (κ2) is 6.52. The van der Waals surface area contributed by atoms with Crippen molar-refractivity contribution in [2.24, 2.45) is 0 Å². The fraction of sp³-hybridized carbons (Fsp3) is 0.214. The second-order valence-corrected chi connectivity index (χ2v) is 4.52. The molecule has 1 aromatic carbocycles. The Labute approximate surface area is 120 Å². The summed E-state index contributed by atoms with van der Waals surface area (Å²) in [7, 11) is 0. The Morgan fingerprint density at radius 3 is 2.75 bits per heavy atom. The zero-order valence-corrected chi connectivity index (χ0v) is 11.4. The predicted octanol–water partition coefficient (Wildman–Crippen LogP) is 4.51. The maximum atomic E-state index is 12.2. The standard InChI is InChI=1S/C14H13ClF2N2O/c1-9(19-12-6-3-7-18-13(12)15)10-4-2-5-11(8-10)20-14(16)17/h2-9,14,19H,1H3. The molecular weight excluding hydrogens is 286 g/mol. The third-order valence-corrected chi connectivity index (χ3v) is 3.02. The average Bonchev–Trinajstić information content (AvgIpc) is 2.41. The number of rotatable bonds is 5. The molecule has 1 N–H and O–H groups in total. The first-order valence-electron chi connectivity index (χ1n) is 5.98. The molecule has 0 aliphatic rings. The Hall–Kier alpha value is -1.88. The number of alkyl halides is 2. The van der Waals surface area contributed by atoms with E-state index < -0.39 is 6.61 Å². The van der Waals surface area contributed by atoms with E-state index in [1.807, 2.05) is 13.0 Å². The molecule has 106 valence electrons. The maximum absolute atomic E-state index is 12.2. The van der Waals surface area contributed by atoms with Crippen LogP contribution in [0.25, 0.3) is 0 Å². The van der Waals surface area contributed by atoms with Gasteiger partial charge in [0.1, 0.15) is 5.75 Å². The Bertz CT molecular complexity index is 581. The van der Waals surface area contributed by atoms with E-state index in [4.69, 9.17) is 11.6 Å². The lowest BCUT2D eigenvalue weighted by molar-refractivity contribution is -0.0498. The monoisotopic (exact) mass is 298 g/mol. The van der Waals surface area contributed by atoms with Gasteiger partial charge in [-0.1, -0.05) is 23.7 Å². The molecule has 2 aromatic rings. The van der Waals surface area contributed by atoms with Crippen LogP contribution in [0.15, 0.2) is 42.6 Å². The Balaban J connectivity index is 2.13. The van der Waals surface area contributed by atoms with Crippen molar-refractivity contribution in [3.05, 3.63) is 53.3 Å². The highest BCUT2D eigenvalue weighted by Gasteiger charge is 2.10. The minimum Gasteiger partial charge on any atom is -0.435 e. The van der Waals surface area contributed by atoms with E-state index in [0.29, 0.717) is 10.8 Å². The smallest absolute Gasteiger partial charge is 0.387 e. The molecule has 0 saturated heterocycles. The van der Waals surface area contributed by atoms with E-state index in [-0.39, 0.29) is 11.8 Å². The molecule has 0 spiro atoms. The first-order valence-corrected chi connectivity index (χ1v) is 6.36. The van der Waals surface area contributed by atoms with E-state index in [1.54, 1.807) is 30.5 Å². The van der Waals surface area contributed by atoms with Crippen LogP contribution in [0.2, 0.25) is 5.15 Å². The highest BCUT2D eigenvalue weighted by Crippen LogP contribution is 2.26. The third-order valence-electron chi connectivity index (χ3n) is 2.71. The molecule has 0 aliphatic heterocycles. The maximum Gasteiger partial charge on any atom is 0.387 e.